The summed E-state index contributed by atoms with van der Waals surface area (Å²) in [5.74, 6) is -0.281. The van der Waals surface area contributed by atoms with Crippen LogP contribution in [0.3, 0.4) is 0 Å². The molecule has 7 rings (SSSR count). The lowest BCUT2D eigenvalue weighted by Crippen LogP contribution is -2.05. The van der Waals surface area contributed by atoms with Crippen LogP contribution in [0.15, 0.2) is 127 Å². The Morgan fingerprint density at radius 3 is 1.98 bits per heavy atom. The maximum atomic E-state index is 14.6. The van der Waals surface area contributed by atoms with Crippen molar-refractivity contribution in [3.8, 4) is 33.5 Å². The number of aromatic nitrogens is 1. The van der Waals surface area contributed by atoms with Crippen LogP contribution in [0.25, 0.3) is 55.2 Å². The molecule has 0 spiro atoms. The number of anilines is 1. The number of aryl methyl sites for hydroxylation is 2. The Labute approximate surface area is 257 Å². The average molecular weight is 573 g/mol. The Morgan fingerprint density at radius 1 is 0.636 bits per heavy atom. The van der Waals surface area contributed by atoms with E-state index in [1.807, 2.05) is 37.4 Å². The molecule has 0 aliphatic heterocycles. The van der Waals surface area contributed by atoms with E-state index in [2.05, 4.69) is 104 Å². The highest BCUT2D eigenvalue weighted by Gasteiger charge is 2.24. The standard InChI is InChI=1S/C41H33FN2/c1-26-35(23-28-13-7-4-8-14-28)38(33-21-19-31(24-36(33)43-3)29-15-9-5-10-16-29)27(2)40-39(26)34-22-20-32(42)25-37(34)44-41(40)30-17-11-6-12-18-30/h4-22,24-25,43H,23H2,1-3H3. The molecule has 1 N–H and O–H groups in total. The number of rotatable bonds is 6. The van der Waals surface area contributed by atoms with Gasteiger partial charge in [-0.05, 0) is 82.8 Å². The zero-order valence-electron chi connectivity index (χ0n) is 25.2. The molecular formula is C41H33FN2. The predicted octanol–water partition coefficient (Wildman–Crippen LogP) is 10.8. The van der Waals surface area contributed by atoms with Crippen LogP contribution in [0.1, 0.15) is 22.3 Å². The van der Waals surface area contributed by atoms with Gasteiger partial charge in [-0.2, -0.15) is 0 Å². The van der Waals surface area contributed by atoms with Crippen LogP contribution in [0.4, 0.5) is 10.1 Å². The number of benzene rings is 6. The minimum absolute atomic E-state index is 0.281. The first kappa shape index (κ1) is 27.5. The summed E-state index contributed by atoms with van der Waals surface area (Å²) >= 11 is 0. The van der Waals surface area contributed by atoms with E-state index in [1.54, 1.807) is 12.1 Å². The number of pyridine rings is 1. The SMILES string of the molecule is CNc1cc(-c2ccccc2)ccc1-c1c(Cc2ccccc2)c(C)c2c(c(-c3ccccc3)nc3cc(F)ccc32)c1C. The van der Waals surface area contributed by atoms with Gasteiger partial charge in [-0.25, -0.2) is 9.37 Å². The molecule has 7 aromatic rings. The lowest BCUT2D eigenvalue weighted by molar-refractivity contribution is 0.629. The minimum Gasteiger partial charge on any atom is -0.388 e. The number of nitrogens with one attached hydrogen (secondary N) is 1. The Bertz CT molecular complexity index is 2140. The molecule has 6 aromatic carbocycles. The van der Waals surface area contributed by atoms with Crippen LogP contribution in [0.2, 0.25) is 0 Å². The van der Waals surface area contributed by atoms with Crippen molar-refractivity contribution < 1.29 is 4.39 Å². The molecule has 0 unspecified atom stereocenters. The van der Waals surface area contributed by atoms with Crippen molar-refractivity contribution in [3.05, 3.63) is 155 Å². The molecule has 0 atom stereocenters. The van der Waals surface area contributed by atoms with Gasteiger partial charge in [-0.15, -0.1) is 0 Å². The Kier molecular flexibility index (Phi) is 7.15. The van der Waals surface area contributed by atoms with Crippen molar-refractivity contribution >= 4 is 27.4 Å². The van der Waals surface area contributed by atoms with Crippen molar-refractivity contribution in [2.45, 2.75) is 20.3 Å². The van der Waals surface area contributed by atoms with Gasteiger partial charge in [0.15, 0.2) is 0 Å². The van der Waals surface area contributed by atoms with Crippen LogP contribution in [-0.2, 0) is 6.42 Å². The molecule has 2 nitrogen and oxygen atoms in total. The summed E-state index contributed by atoms with van der Waals surface area (Å²) in [4.78, 5) is 5.13. The second-order valence-electron chi connectivity index (χ2n) is 11.4. The molecule has 0 saturated heterocycles. The molecule has 0 fully saturated rings. The first-order chi connectivity index (χ1) is 21.5. The fourth-order valence-corrected chi connectivity index (χ4v) is 6.65. The predicted molar refractivity (Wildman–Crippen MR) is 184 cm³/mol. The maximum Gasteiger partial charge on any atom is 0.125 e. The van der Waals surface area contributed by atoms with E-state index in [9.17, 15) is 4.39 Å². The largest absolute Gasteiger partial charge is 0.388 e. The van der Waals surface area contributed by atoms with Gasteiger partial charge < -0.3 is 5.32 Å². The summed E-state index contributed by atoms with van der Waals surface area (Å²) in [6, 6.07) is 43.1. The Balaban J connectivity index is 1.61. The zero-order chi connectivity index (χ0) is 30.2. The van der Waals surface area contributed by atoms with Gasteiger partial charge in [0.05, 0.1) is 11.2 Å². The second kappa shape index (κ2) is 11.4. The highest BCUT2D eigenvalue weighted by atomic mass is 19.1. The highest BCUT2D eigenvalue weighted by molar-refractivity contribution is 6.16. The van der Waals surface area contributed by atoms with Gasteiger partial charge in [0.1, 0.15) is 5.82 Å². The monoisotopic (exact) mass is 572 g/mol. The maximum absolute atomic E-state index is 14.6. The van der Waals surface area contributed by atoms with Crippen molar-refractivity contribution in [2.75, 3.05) is 12.4 Å². The summed E-state index contributed by atoms with van der Waals surface area (Å²) in [7, 11) is 1.99. The molecule has 0 saturated carbocycles. The zero-order valence-corrected chi connectivity index (χ0v) is 25.2. The van der Waals surface area contributed by atoms with Gasteiger partial charge in [0.25, 0.3) is 0 Å². The molecule has 214 valence electrons. The van der Waals surface area contributed by atoms with Gasteiger partial charge in [0.2, 0.25) is 0 Å². The quantitative estimate of drug-likeness (QED) is 0.201. The van der Waals surface area contributed by atoms with E-state index in [0.717, 1.165) is 56.2 Å². The van der Waals surface area contributed by atoms with Crippen molar-refractivity contribution in [3.63, 3.8) is 0 Å². The third kappa shape index (κ3) is 4.81. The van der Waals surface area contributed by atoms with E-state index in [4.69, 9.17) is 4.98 Å². The van der Waals surface area contributed by atoms with Crippen molar-refractivity contribution in [1.29, 1.82) is 0 Å². The molecule has 0 radical (unpaired) electrons. The van der Waals surface area contributed by atoms with Crippen LogP contribution in [0.5, 0.6) is 0 Å². The third-order valence-electron chi connectivity index (χ3n) is 8.76. The summed E-state index contributed by atoms with van der Waals surface area (Å²) in [5.41, 5.74) is 13.2. The summed E-state index contributed by atoms with van der Waals surface area (Å²) in [6.07, 6.45) is 0.772. The van der Waals surface area contributed by atoms with Crippen molar-refractivity contribution in [2.24, 2.45) is 0 Å². The van der Waals surface area contributed by atoms with E-state index in [-0.39, 0.29) is 5.82 Å². The molecule has 1 aromatic heterocycles. The van der Waals surface area contributed by atoms with E-state index < -0.39 is 0 Å². The topological polar surface area (TPSA) is 24.9 Å². The number of halogens is 1. The smallest absolute Gasteiger partial charge is 0.125 e. The van der Waals surface area contributed by atoms with Crippen LogP contribution in [0, 0.1) is 19.7 Å². The first-order valence-electron chi connectivity index (χ1n) is 15.1. The van der Waals surface area contributed by atoms with Gasteiger partial charge in [0, 0.05) is 40.7 Å². The normalized spacial score (nSPS) is 11.3. The molecule has 0 amide bonds. The van der Waals surface area contributed by atoms with Gasteiger partial charge >= 0.3 is 0 Å². The van der Waals surface area contributed by atoms with Crippen LogP contribution >= 0.6 is 0 Å². The number of nitrogens with zero attached hydrogens (tertiary/aromatic N) is 1. The number of hydrogen-bond acceptors (Lipinski definition) is 2. The highest BCUT2D eigenvalue weighted by Crippen LogP contribution is 2.46. The number of fused-ring (bicyclic) bond motifs is 3. The minimum atomic E-state index is -0.281. The van der Waals surface area contributed by atoms with E-state index in [1.165, 1.54) is 27.8 Å². The van der Waals surface area contributed by atoms with E-state index >= 15 is 0 Å². The van der Waals surface area contributed by atoms with Crippen LogP contribution in [-0.4, -0.2) is 12.0 Å². The van der Waals surface area contributed by atoms with Crippen molar-refractivity contribution in [1.82, 2.24) is 4.98 Å². The Hall–Kier alpha value is -5.28. The van der Waals surface area contributed by atoms with Gasteiger partial charge in [-0.1, -0.05) is 103 Å². The first-order valence-corrected chi connectivity index (χ1v) is 15.1. The fraction of sp³-hybridized carbons (Fsp3) is 0.0976. The van der Waals surface area contributed by atoms with Crippen LogP contribution < -0.4 is 5.32 Å². The van der Waals surface area contributed by atoms with Gasteiger partial charge in [-0.3, -0.25) is 0 Å². The Morgan fingerprint density at radius 2 is 1.30 bits per heavy atom. The lowest BCUT2D eigenvalue weighted by atomic mass is 9.81. The molecule has 0 bridgehead atoms. The number of hydrogen-bond donors (Lipinski definition) is 1. The summed E-state index contributed by atoms with van der Waals surface area (Å²) < 4.78 is 14.6. The molecule has 3 heteroatoms. The molecule has 44 heavy (non-hydrogen) atoms. The second-order valence-corrected chi connectivity index (χ2v) is 11.4. The lowest BCUT2D eigenvalue weighted by Gasteiger charge is -2.24. The molecule has 1 heterocycles. The molecule has 0 aliphatic rings. The average Bonchev–Trinajstić information content (AvgIpc) is 3.07. The molecular weight excluding hydrogens is 539 g/mol. The molecule has 0 aliphatic carbocycles. The summed E-state index contributed by atoms with van der Waals surface area (Å²) in [5, 5.41) is 6.72. The third-order valence-corrected chi connectivity index (χ3v) is 8.76. The fourth-order valence-electron chi connectivity index (χ4n) is 6.65. The summed E-state index contributed by atoms with van der Waals surface area (Å²) in [6.45, 7) is 4.44. The van der Waals surface area contributed by atoms with E-state index in [0.29, 0.717) is 5.52 Å².